The summed E-state index contributed by atoms with van der Waals surface area (Å²) in [7, 11) is 1.37. The first-order chi connectivity index (χ1) is 9.04. The minimum absolute atomic E-state index is 0.0918. The lowest BCUT2D eigenvalue weighted by molar-refractivity contribution is -0.143. The maximum absolute atomic E-state index is 11.6. The number of nitrogens with one attached hydrogen (secondary N) is 1. The Morgan fingerprint density at radius 3 is 2.63 bits per heavy atom. The first-order valence-corrected chi connectivity index (χ1v) is 5.74. The molecule has 0 fully saturated rings. The summed E-state index contributed by atoms with van der Waals surface area (Å²) in [6.07, 6.45) is 0. The Hall–Kier alpha value is -2.08. The predicted octanol–water partition coefficient (Wildman–Crippen LogP) is 0.590. The van der Waals surface area contributed by atoms with Gasteiger partial charge in [-0.15, -0.1) is 0 Å². The number of rotatable bonds is 7. The molecule has 0 radical (unpaired) electrons. The zero-order valence-corrected chi connectivity index (χ0v) is 10.9. The summed E-state index contributed by atoms with van der Waals surface area (Å²) in [6.45, 7) is 1.53. The van der Waals surface area contributed by atoms with Crippen LogP contribution in [0.2, 0.25) is 0 Å². The van der Waals surface area contributed by atoms with E-state index >= 15 is 0 Å². The molecular formula is C13H17NO5. The lowest BCUT2D eigenvalue weighted by Crippen LogP contribution is -2.45. The van der Waals surface area contributed by atoms with Crippen LogP contribution in [0.25, 0.3) is 0 Å². The van der Waals surface area contributed by atoms with E-state index in [4.69, 9.17) is 14.6 Å². The SMILES string of the molecule is COCC(NC(=O)COc1ccccc1C)C(=O)O. The maximum Gasteiger partial charge on any atom is 0.328 e. The second kappa shape index (κ2) is 7.38. The van der Waals surface area contributed by atoms with Gasteiger partial charge < -0.3 is 19.9 Å². The van der Waals surface area contributed by atoms with Crippen LogP contribution in [0.4, 0.5) is 0 Å². The van der Waals surface area contributed by atoms with E-state index in [0.29, 0.717) is 5.75 Å². The van der Waals surface area contributed by atoms with E-state index in [9.17, 15) is 9.59 Å². The molecule has 1 rings (SSSR count). The molecule has 19 heavy (non-hydrogen) atoms. The average Bonchev–Trinajstić information content (AvgIpc) is 2.37. The number of methoxy groups -OCH3 is 1. The standard InChI is InChI=1S/C13H17NO5/c1-9-5-3-4-6-11(9)19-8-12(15)14-10(7-18-2)13(16)17/h3-6,10H,7-8H2,1-2H3,(H,14,15)(H,16,17). The van der Waals surface area contributed by atoms with Crippen LogP contribution in [-0.2, 0) is 14.3 Å². The van der Waals surface area contributed by atoms with E-state index in [2.05, 4.69) is 5.32 Å². The molecule has 6 nitrogen and oxygen atoms in total. The number of carboxylic acids is 1. The quantitative estimate of drug-likeness (QED) is 0.755. The van der Waals surface area contributed by atoms with Gasteiger partial charge in [0.2, 0.25) is 0 Å². The zero-order chi connectivity index (χ0) is 14.3. The Balaban J connectivity index is 2.47. The minimum Gasteiger partial charge on any atom is -0.484 e. The number of carbonyl (C=O) groups excluding carboxylic acids is 1. The van der Waals surface area contributed by atoms with E-state index in [0.717, 1.165) is 5.56 Å². The Morgan fingerprint density at radius 2 is 2.05 bits per heavy atom. The van der Waals surface area contributed by atoms with Gasteiger partial charge in [0, 0.05) is 7.11 Å². The fourth-order valence-electron chi connectivity index (χ4n) is 1.44. The lowest BCUT2D eigenvalue weighted by atomic mass is 10.2. The van der Waals surface area contributed by atoms with Gasteiger partial charge in [-0.05, 0) is 18.6 Å². The number of aryl methyl sites for hydroxylation is 1. The summed E-state index contributed by atoms with van der Waals surface area (Å²) in [5.41, 5.74) is 0.905. The molecule has 0 bridgehead atoms. The molecular weight excluding hydrogens is 250 g/mol. The van der Waals surface area contributed by atoms with Gasteiger partial charge in [-0.1, -0.05) is 18.2 Å². The highest BCUT2D eigenvalue weighted by Gasteiger charge is 2.19. The van der Waals surface area contributed by atoms with Gasteiger partial charge in [0.15, 0.2) is 12.6 Å². The molecule has 1 amide bonds. The van der Waals surface area contributed by atoms with Gasteiger partial charge in [-0.3, -0.25) is 4.79 Å². The molecule has 6 heteroatoms. The molecule has 0 heterocycles. The van der Waals surface area contributed by atoms with Crippen LogP contribution >= 0.6 is 0 Å². The van der Waals surface area contributed by atoms with Crippen molar-refractivity contribution in [3.63, 3.8) is 0 Å². The fourth-order valence-corrected chi connectivity index (χ4v) is 1.44. The average molecular weight is 267 g/mol. The van der Waals surface area contributed by atoms with Gasteiger partial charge in [-0.2, -0.15) is 0 Å². The summed E-state index contributed by atoms with van der Waals surface area (Å²) in [4.78, 5) is 22.4. The smallest absolute Gasteiger partial charge is 0.328 e. The van der Waals surface area contributed by atoms with Crippen LogP contribution in [0.15, 0.2) is 24.3 Å². The molecule has 0 aliphatic heterocycles. The number of carbonyl (C=O) groups is 2. The van der Waals surface area contributed by atoms with Crippen molar-refractivity contribution in [1.82, 2.24) is 5.32 Å². The first kappa shape index (κ1) is 15.0. The molecule has 1 aromatic rings. The fraction of sp³-hybridized carbons (Fsp3) is 0.385. The van der Waals surface area contributed by atoms with Crippen molar-refractivity contribution in [3.05, 3.63) is 29.8 Å². The summed E-state index contributed by atoms with van der Waals surface area (Å²) in [5, 5.41) is 11.2. The molecule has 0 spiro atoms. The number of amides is 1. The number of ether oxygens (including phenoxy) is 2. The first-order valence-electron chi connectivity index (χ1n) is 5.74. The van der Waals surface area contributed by atoms with Crippen LogP contribution < -0.4 is 10.1 Å². The zero-order valence-electron chi connectivity index (χ0n) is 10.9. The van der Waals surface area contributed by atoms with E-state index in [-0.39, 0.29) is 13.2 Å². The molecule has 0 aliphatic carbocycles. The van der Waals surface area contributed by atoms with Crippen LogP contribution in [0.5, 0.6) is 5.75 Å². The van der Waals surface area contributed by atoms with Crippen molar-refractivity contribution in [3.8, 4) is 5.75 Å². The summed E-state index contributed by atoms with van der Waals surface area (Å²) < 4.78 is 10.0. The van der Waals surface area contributed by atoms with Crippen molar-refractivity contribution < 1.29 is 24.2 Å². The third-order valence-corrected chi connectivity index (χ3v) is 2.42. The van der Waals surface area contributed by atoms with E-state index in [1.807, 2.05) is 19.1 Å². The van der Waals surface area contributed by atoms with E-state index in [1.165, 1.54) is 7.11 Å². The van der Waals surface area contributed by atoms with Crippen LogP contribution in [-0.4, -0.2) is 43.3 Å². The summed E-state index contributed by atoms with van der Waals surface area (Å²) in [6, 6.07) is 6.19. The Kier molecular flexibility index (Phi) is 5.81. The van der Waals surface area contributed by atoms with Gasteiger partial charge in [0.25, 0.3) is 5.91 Å². The minimum atomic E-state index is -1.15. The van der Waals surface area contributed by atoms with Gasteiger partial charge >= 0.3 is 5.97 Å². The van der Waals surface area contributed by atoms with Crippen LogP contribution in [0.3, 0.4) is 0 Å². The monoisotopic (exact) mass is 267 g/mol. The van der Waals surface area contributed by atoms with Gasteiger partial charge in [0.1, 0.15) is 5.75 Å². The molecule has 0 saturated carbocycles. The van der Waals surface area contributed by atoms with Crippen molar-refractivity contribution in [1.29, 1.82) is 0 Å². The number of aliphatic carboxylic acids is 1. The van der Waals surface area contributed by atoms with Gasteiger partial charge in [0.05, 0.1) is 6.61 Å². The molecule has 0 aliphatic rings. The number of carboxylic acid groups (broad SMARTS) is 1. The summed E-state index contributed by atoms with van der Waals surface area (Å²) >= 11 is 0. The van der Waals surface area contributed by atoms with Crippen molar-refractivity contribution >= 4 is 11.9 Å². The highest BCUT2D eigenvalue weighted by Crippen LogP contribution is 2.15. The van der Waals surface area contributed by atoms with Crippen LogP contribution in [0, 0.1) is 6.92 Å². The Morgan fingerprint density at radius 1 is 1.37 bits per heavy atom. The largest absolute Gasteiger partial charge is 0.484 e. The van der Waals surface area contributed by atoms with E-state index < -0.39 is 17.9 Å². The maximum atomic E-state index is 11.6. The van der Waals surface area contributed by atoms with Crippen molar-refractivity contribution in [2.24, 2.45) is 0 Å². The van der Waals surface area contributed by atoms with Crippen LogP contribution in [0.1, 0.15) is 5.56 Å². The molecule has 1 atom stereocenters. The highest BCUT2D eigenvalue weighted by molar-refractivity contribution is 5.84. The summed E-state index contributed by atoms with van der Waals surface area (Å²) in [5.74, 6) is -1.06. The Bertz CT molecular complexity index is 446. The second-order valence-electron chi connectivity index (χ2n) is 3.97. The third kappa shape index (κ3) is 4.97. The number of hydrogen-bond acceptors (Lipinski definition) is 4. The molecule has 2 N–H and O–H groups in total. The highest BCUT2D eigenvalue weighted by atomic mass is 16.5. The third-order valence-electron chi connectivity index (χ3n) is 2.42. The second-order valence-corrected chi connectivity index (χ2v) is 3.97. The predicted molar refractivity (Wildman–Crippen MR) is 68.1 cm³/mol. The molecule has 0 saturated heterocycles. The number of benzene rings is 1. The van der Waals surface area contributed by atoms with E-state index in [1.54, 1.807) is 12.1 Å². The van der Waals surface area contributed by atoms with Gasteiger partial charge in [-0.25, -0.2) is 4.79 Å². The number of hydrogen-bond donors (Lipinski definition) is 2. The number of para-hydroxylation sites is 1. The van der Waals surface area contributed by atoms with Crippen molar-refractivity contribution in [2.75, 3.05) is 20.3 Å². The topological polar surface area (TPSA) is 84.9 Å². The lowest BCUT2D eigenvalue weighted by Gasteiger charge is -2.14. The normalized spacial score (nSPS) is 11.7. The molecule has 1 aromatic carbocycles. The molecule has 1 unspecified atom stereocenters. The van der Waals surface area contributed by atoms with Crippen molar-refractivity contribution in [2.45, 2.75) is 13.0 Å². The molecule has 104 valence electrons. The Labute approximate surface area is 111 Å². The molecule has 0 aromatic heterocycles.